The lowest BCUT2D eigenvalue weighted by Crippen LogP contribution is -2.61. The Morgan fingerprint density at radius 3 is 2.43 bits per heavy atom. The van der Waals surface area contributed by atoms with Crippen molar-refractivity contribution in [1.82, 2.24) is 19.8 Å². The lowest BCUT2D eigenvalue weighted by Gasteiger charge is -2.43. The Bertz CT molecular complexity index is 1530. The van der Waals surface area contributed by atoms with Gasteiger partial charge < -0.3 is 50.5 Å². The number of nitrogens with two attached hydrogens (primary N) is 1. The minimum absolute atomic E-state index is 0.0439. The van der Waals surface area contributed by atoms with Gasteiger partial charge in [0, 0.05) is 25.6 Å². The van der Waals surface area contributed by atoms with Gasteiger partial charge in [-0.1, -0.05) is 44.2 Å². The molecule has 0 bridgehead atoms. The molecule has 4 amide bonds. The van der Waals surface area contributed by atoms with Gasteiger partial charge >= 0.3 is 6.03 Å². The van der Waals surface area contributed by atoms with E-state index in [-0.39, 0.29) is 43.5 Å². The van der Waals surface area contributed by atoms with Gasteiger partial charge in [0.05, 0.1) is 50.0 Å². The number of hydrogen-bond donors (Lipinski definition) is 4. The number of carbonyl (C=O) groups excluding carboxylic acids is 3. The summed E-state index contributed by atoms with van der Waals surface area (Å²) < 4.78 is 46.2. The summed E-state index contributed by atoms with van der Waals surface area (Å²) in [6.45, 7) is 3.31. The number of rotatable bonds is 17. The Labute approximate surface area is 286 Å². The quantitative estimate of drug-likeness (QED) is 0.176. The average molecular weight is 705 g/mol. The van der Waals surface area contributed by atoms with Crippen molar-refractivity contribution in [3.8, 4) is 5.75 Å². The molecule has 0 saturated carbocycles. The number of fused-ring (bicyclic) bond motifs is 1. The fourth-order valence-electron chi connectivity index (χ4n) is 6.30. The van der Waals surface area contributed by atoms with Crippen molar-refractivity contribution in [3.63, 3.8) is 0 Å². The topological polar surface area (TPSA) is 213 Å². The van der Waals surface area contributed by atoms with E-state index in [9.17, 15) is 33.0 Å². The second-order valence-electron chi connectivity index (χ2n) is 13.1. The van der Waals surface area contributed by atoms with Crippen LogP contribution in [0, 0.1) is 11.3 Å². The van der Waals surface area contributed by atoms with Crippen molar-refractivity contribution >= 4 is 28.1 Å². The molecule has 4 rings (SSSR count). The van der Waals surface area contributed by atoms with E-state index in [1.54, 1.807) is 24.3 Å². The first-order valence-electron chi connectivity index (χ1n) is 16.1. The van der Waals surface area contributed by atoms with Crippen molar-refractivity contribution < 1.29 is 47.2 Å². The Morgan fingerprint density at radius 2 is 1.80 bits per heavy atom. The standard InChI is InChI=1S/C33H47N5O10S/c1-33(2,14-15-35-31(41)36-18-29(34)40)21-37(49(44,45)24-11-9-23(46-3)10-12-24)19-28(39)26(17-22-7-5-4-6-8-22)38(32(42)43)27-20-48-30-25(27)13-16-47-30/h4-12,25-28,30,39H,13-21H2,1-3H3,(H2,34,40)(H,42,43)(H2,35,36,41)/p-1/t25-,26-,27-,28+,30+/m0/s1. The third kappa shape index (κ3) is 10.0. The number of methoxy groups -OCH3 is 1. The van der Waals surface area contributed by atoms with Crippen LogP contribution in [0.25, 0.3) is 0 Å². The molecule has 2 saturated heterocycles. The van der Waals surface area contributed by atoms with Gasteiger partial charge in [-0.2, -0.15) is 4.31 Å². The molecular formula is C33H46N5O10S-. The normalized spacial score (nSPS) is 20.3. The van der Waals surface area contributed by atoms with Crippen LogP contribution in [0.3, 0.4) is 0 Å². The van der Waals surface area contributed by atoms with E-state index in [0.717, 1.165) is 14.8 Å². The van der Waals surface area contributed by atoms with E-state index in [0.29, 0.717) is 25.2 Å². The maximum absolute atomic E-state index is 14.2. The molecule has 270 valence electrons. The molecule has 16 heteroatoms. The number of aliphatic hydroxyl groups is 1. The molecule has 0 spiro atoms. The van der Waals surface area contributed by atoms with Crippen LogP contribution >= 0.6 is 0 Å². The highest BCUT2D eigenvalue weighted by Crippen LogP contribution is 2.36. The molecule has 5 atom stereocenters. The van der Waals surface area contributed by atoms with Gasteiger partial charge in [0.1, 0.15) is 11.8 Å². The number of urea groups is 1. The number of primary amides is 1. The first-order chi connectivity index (χ1) is 23.2. The summed E-state index contributed by atoms with van der Waals surface area (Å²) >= 11 is 0. The van der Waals surface area contributed by atoms with Crippen LogP contribution in [0.15, 0.2) is 59.5 Å². The SMILES string of the molecule is COc1ccc(S(=O)(=O)N(C[C@@H](O)[C@H](Cc2ccccc2)N(C(=O)[O-])[C@H]2CO[C@H]3OCC[C@H]32)CC(C)(C)CCNC(=O)NCC(N)=O)cc1. The predicted octanol–water partition coefficient (Wildman–Crippen LogP) is 0.266. The molecule has 0 unspecified atom stereocenters. The van der Waals surface area contributed by atoms with E-state index in [4.69, 9.17) is 19.9 Å². The number of carboxylic acid groups (broad SMARTS) is 1. The minimum Gasteiger partial charge on any atom is -0.530 e. The van der Waals surface area contributed by atoms with Gasteiger partial charge in [-0.05, 0) is 54.5 Å². The summed E-state index contributed by atoms with van der Waals surface area (Å²) in [4.78, 5) is 37.0. The number of aliphatic hydroxyl groups excluding tert-OH is 1. The van der Waals surface area contributed by atoms with Crippen molar-refractivity contribution in [2.24, 2.45) is 17.1 Å². The third-order valence-electron chi connectivity index (χ3n) is 8.87. The monoisotopic (exact) mass is 704 g/mol. The van der Waals surface area contributed by atoms with Crippen LogP contribution in [0.5, 0.6) is 5.75 Å². The van der Waals surface area contributed by atoms with Crippen LogP contribution in [0.2, 0.25) is 0 Å². The van der Waals surface area contributed by atoms with Crippen LogP contribution in [0.1, 0.15) is 32.3 Å². The lowest BCUT2D eigenvalue weighted by atomic mass is 9.89. The summed E-state index contributed by atoms with van der Waals surface area (Å²) in [5.74, 6) is -0.519. The van der Waals surface area contributed by atoms with Crippen molar-refractivity contribution in [3.05, 3.63) is 60.2 Å². The Kier molecular flexibility index (Phi) is 12.8. The largest absolute Gasteiger partial charge is 0.530 e. The van der Waals surface area contributed by atoms with Gasteiger partial charge in [0.25, 0.3) is 0 Å². The second kappa shape index (κ2) is 16.6. The Balaban J connectivity index is 1.64. The van der Waals surface area contributed by atoms with Crippen LogP contribution in [-0.2, 0) is 30.7 Å². The van der Waals surface area contributed by atoms with Gasteiger partial charge in [-0.3, -0.25) is 4.79 Å². The molecule has 2 aromatic rings. The number of amides is 4. The maximum atomic E-state index is 14.2. The summed E-state index contributed by atoms with van der Waals surface area (Å²) in [6, 6.07) is 12.5. The summed E-state index contributed by atoms with van der Waals surface area (Å²) in [5.41, 5.74) is 5.05. The second-order valence-corrected chi connectivity index (χ2v) is 15.0. The number of ether oxygens (including phenoxy) is 3. The molecular weight excluding hydrogens is 658 g/mol. The van der Waals surface area contributed by atoms with E-state index < -0.39 is 64.5 Å². The third-order valence-corrected chi connectivity index (χ3v) is 10.7. The molecule has 0 aliphatic carbocycles. The van der Waals surface area contributed by atoms with Gasteiger partial charge in [0.2, 0.25) is 15.9 Å². The van der Waals surface area contributed by atoms with Crippen LogP contribution in [0.4, 0.5) is 9.59 Å². The highest BCUT2D eigenvalue weighted by molar-refractivity contribution is 7.89. The number of carbonyl (C=O) groups is 3. The molecule has 0 aromatic heterocycles. The number of nitrogens with one attached hydrogen (secondary N) is 2. The maximum Gasteiger partial charge on any atom is 0.315 e. The molecule has 2 heterocycles. The van der Waals surface area contributed by atoms with E-state index >= 15 is 0 Å². The Hall–Kier alpha value is -3.96. The smallest absolute Gasteiger partial charge is 0.315 e. The molecule has 2 fully saturated rings. The van der Waals surface area contributed by atoms with Crippen molar-refractivity contribution in [2.75, 3.05) is 46.5 Å². The molecule has 2 aromatic carbocycles. The molecule has 5 N–H and O–H groups in total. The zero-order chi connectivity index (χ0) is 35.8. The van der Waals surface area contributed by atoms with Crippen LogP contribution in [-0.4, -0.2) is 112 Å². The molecule has 15 nitrogen and oxygen atoms in total. The van der Waals surface area contributed by atoms with Crippen molar-refractivity contribution in [2.45, 2.75) is 62.5 Å². The number of nitrogens with zero attached hydrogens (tertiary/aromatic N) is 2. The van der Waals surface area contributed by atoms with Crippen LogP contribution < -0.4 is 26.2 Å². The molecule has 0 radical (unpaired) electrons. The zero-order valence-electron chi connectivity index (χ0n) is 27.9. The summed E-state index contributed by atoms with van der Waals surface area (Å²) in [6.07, 6.45) is -2.63. The molecule has 2 aliphatic rings. The van der Waals surface area contributed by atoms with Gasteiger partial charge in [-0.15, -0.1) is 0 Å². The molecule has 49 heavy (non-hydrogen) atoms. The molecule has 2 aliphatic heterocycles. The highest BCUT2D eigenvalue weighted by Gasteiger charge is 2.47. The highest BCUT2D eigenvalue weighted by atomic mass is 32.2. The van der Waals surface area contributed by atoms with E-state index in [1.807, 2.05) is 19.9 Å². The first kappa shape index (κ1) is 37.9. The fourth-order valence-corrected chi connectivity index (χ4v) is 7.94. The first-order valence-corrected chi connectivity index (χ1v) is 17.5. The number of hydrogen-bond acceptors (Lipinski definition) is 10. The average Bonchev–Trinajstić information content (AvgIpc) is 3.68. The summed E-state index contributed by atoms with van der Waals surface area (Å²) in [7, 11) is -2.80. The number of sulfonamides is 1. The lowest BCUT2D eigenvalue weighted by molar-refractivity contribution is -0.273. The number of benzene rings is 2. The minimum atomic E-state index is -4.26. The Morgan fingerprint density at radius 1 is 1.10 bits per heavy atom. The zero-order valence-corrected chi connectivity index (χ0v) is 28.8. The van der Waals surface area contributed by atoms with E-state index in [2.05, 4.69) is 10.6 Å². The van der Waals surface area contributed by atoms with Gasteiger partial charge in [0.15, 0.2) is 6.29 Å². The van der Waals surface area contributed by atoms with Crippen molar-refractivity contribution in [1.29, 1.82) is 0 Å². The predicted molar refractivity (Wildman–Crippen MR) is 176 cm³/mol. The fraction of sp³-hybridized carbons (Fsp3) is 0.545. The van der Waals surface area contributed by atoms with E-state index in [1.165, 1.54) is 31.4 Å². The summed E-state index contributed by atoms with van der Waals surface area (Å²) in [5, 5.41) is 29.8. The van der Waals surface area contributed by atoms with Gasteiger partial charge in [-0.25, -0.2) is 13.2 Å².